The first-order chi connectivity index (χ1) is 9.07. The molecular formula is C10H18N2O8. The standard InChI is InChI=1S/2C5H9NO4/c2*6-3(5(9)10)1-2-4(7)8/h2*3H,1-2,6H2,(H,7,8)(H,9,10)/t2*3-/m10/s1. The number of rotatable bonds is 8. The van der Waals surface area contributed by atoms with Crippen molar-refractivity contribution in [1.82, 2.24) is 0 Å². The third-order valence-electron chi connectivity index (χ3n) is 1.97. The maximum atomic E-state index is 9.99. The van der Waals surface area contributed by atoms with Crippen LogP contribution in [0.25, 0.3) is 0 Å². The molecule has 2 atom stereocenters. The van der Waals surface area contributed by atoms with Gasteiger partial charge in [-0.25, -0.2) is 0 Å². The van der Waals surface area contributed by atoms with Gasteiger partial charge in [-0.15, -0.1) is 0 Å². The van der Waals surface area contributed by atoms with Gasteiger partial charge in [0.05, 0.1) is 0 Å². The number of nitrogens with two attached hydrogens (primary N) is 2. The second-order valence-electron chi connectivity index (χ2n) is 3.75. The average molecular weight is 294 g/mol. The minimum absolute atomic E-state index is 0.0231. The zero-order chi connectivity index (χ0) is 16.3. The molecule has 0 saturated carbocycles. The maximum Gasteiger partial charge on any atom is 0.320 e. The Balaban J connectivity index is 0. The van der Waals surface area contributed by atoms with E-state index in [0.717, 1.165) is 0 Å². The molecule has 0 bridgehead atoms. The van der Waals surface area contributed by atoms with Crippen LogP contribution in [0.15, 0.2) is 0 Å². The molecule has 0 aromatic carbocycles. The minimum Gasteiger partial charge on any atom is -0.481 e. The summed E-state index contributed by atoms with van der Waals surface area (Å²) < 4.78 is 0. The Morgan fingerprint density at radius 1 is 0.700 bits per heavy atom. The molecule has 0 aliphatic rings. The normalized spacial score (nSPS) is 12.5. The van der Waals surface area contributed by atoms with E-state index in [9.17, 15) is 19.2 Å². The summed E-state index contributed by atoms with van der Waals surface area (Å²) in [6.07, 6.45) is -0.448. The molecule has 0 rings (SSSR count). The number of hydrogen-bond acceptors (Lipinski definition) is 6. The fourth-order valence-corrected chi connectivity index (χ4v) is 0.805. The Morgan fingerprint density at radius 3 is 1.10 bits per heavy atom. The largest absolute Gasteiger partial charge is 0.481 e. The van der Waals surface area contributed by atoms with E-state index in [-0.39, 0.29) is 25.7 Å². The summed E-state index contributed by atoms with van der Waals surface area (Å²) in [7, 11) is 0. The van der Waals surface area contributed by atoms with Gasteiger partial charge in [-0.1, -0.05) is 0 Å². The van der Waals surface area contributed by atoms with E-state index in [4.69, 9.17) is 31.9 Å². The van der Waals surface area contributed by atoms with Gasteiger partial charge in [0.2, 0.25) is 0 Å². The molecule has 0 aliphatic heterocycles. The average Bonchev–Trinajstić information content (AvgIpc) is 2.33. The van der Waals surface area contributed by atoms with E-state index in [1.165, 1.54) is 0 Å². The van der Waals surface area contributed by atoms with Gasteiger partial charge in [-0.3, -0.25) is 19.2 Å². The number of carboxylic acid groups (broad SMARTS) is 4. The third-order valence-corrected chi connectivity index (χ3v) is 1.97. The predicted molar refractivity (Wildman–Crippen MR) is 65.0 cm³/mol. The van der Waals surface area contributed by atoms with E-state index >= 15 is 0 Å². The van der Waals surface area contributed by atoms with Crippen molar-refractivity contribution in [1.29, 1.82) is 0 Å². The highest BCUT2D eigenvalue weighted by Gasteiger charge is 2.12. The molecule has 10 heteroatoms. The second-order valence-corrected chi connectivity index (χ2v) is 3.75. The fourth-order valence-electron chi connectivity index (χ4n) is 0.805. The molecule has 10 nitrogen and oxygen atoms in total. The monoisotopic (exact) mass is 294 g/mol. The van der Waals surface area contributed by atoms with Crippen LogP contribution in [-0.4, -0.2) is 56.4 Å². The Labute approximate surface area is 114 Å². The lowest BCUT2D eigenvalue weighted by Crippen LogP contribution is -2.30. The number of carbonyl (C=O) groups is 4. The summed E-state index contributed by atoms with van der Waals surface area (Å²) in [6.45, 7) is 0. The van der Waals surface area contributed by atoms with Crippen molar-refractivity contribution in [3.05, 3.63) is 0 Å². The predicted octanol–water partition coefficient (Wildman–Crippen LogP) is -1.47. The molecule has 116 valence electrons. The summed E-state index contributed by atoms with van der Waals surface area (Å²) in [4.78, 5) is 39.7. The summed E-state index contributed by atoms with van der Waals surface area (Å²) in [6, 6.07) is -2.12. The molecule has 0 fully saturated rings. The van der Waals surface area contributed by atoms with Crippen LogP contribution in [-0.2, 0) is 19.2 Å². The van der Waals surface area contributed by atoms with Gasteiger partial charge < -0.3 is 31.9 Å². The van der Waals surface area contributed by atoms with Gasteiger partial charge in [0.25, 0.3) is 0 Å². The van der Waals surface area contributed by atoms with Crippen molar-refractivity contribution >= 4 is 23.9 Å². The van der Waals surface area contributed by atoms with Crippen molar-refractivity contribution in [3.63, 3.8) is 0 Å². The van der Waals surface area contributed by atoms with E-state index in [1.54, 1.807) is 0 Å². The van der Waals surface area contributed by atoms with Gasteiger partial charge in [-0.2, -0.15) is 0 Å². The molecular weight excluding hydrogens is 276 g/mol. The van der Waals surface area contributed by atoms with Crippen molar-refractivity contribution in [2.45, 2.75) is 37.8 Å². The molecule has 0 unspecified atom stereocenters. The van der Waals surface area contributed by atoms with Crippen molar-refractivity contribution in [2.24, 2.45) is 11.5 Å². The van der Waals surface area contributed by atoms with Crippen LogP contribution in [0.1, 0.15) is 25.7 Å². The van der Waals surface area contributed by atoms with Gasteiger partial charge in [0.1, 0.15) is 12.1 Å². The van der Waals surface area contributed by atoms with Crippen molar-refractivity contribution < 1.29 is 39.6 Å². The Hall–Kier alpha value is -2.20. The first-order valence-corrected chi connectivity index (χ1v) is 5.48. The molecule has 0 amide bonds. The Bertz CT molecular complexity index is 323. The molecule has 20 heavy (non-hydrogen) atoms. The maximum absolute atomic E-state index is 9.99. The summed E-state index contributed by atoms with van der Waals surface area (Å²) in [5.74, 6) is -4.39. The van der Waals surface area contributed by atoms with E-state index in [1.807, 2.05) is 0 Å². The van der Waals surface area contributed by atoms with Crippen molar-refractivity contribution in [2.75, 3.05) is 0 Å². The quantitative estimate of drug-likeness (QED) is 0.306. The highest BCUT2D eigenvalue weighted by Crippen LogP contribution is 1.94. The summed E-state index contributed by atoms with van der Waals surface area (Å²) in [5, 5.41) is 32.5. The minimum atomic E-state index is -1.17. The van der Waals surface area contributed by atoms with Crippen LogP contribution in [0, 0.1) is 0 Å². The Kier molecular flexibility index (Phi) is 10.8. The SMILES string of the molecule is N[C@@H](CCC(=O)O)C(=O)O.N[C@H](CCC(=O)O)C(=O)O. The lowest BCUT2D eigenvalue weighted by molar-refractivity contribution is -0.141. The molecule has 0 radical (unpaired) electrons. The van der Waals surface area contributed by atoms with Crippen LogP contribution in [0.3, 0.4) is 0 Å². The zero-order valence-electron chi connectivity index (χ0n) is 10.6. The highest BCUT2D eigenvalue weighted by molar-refractivity contribution is 5.75. The van der Waals surface area contributed by atoms with Crippen LogP contribution in [0.2, 0.25) is 0 Å². The Morgan fingerprint density at radius 2 is 0.950 bits per heavy atom. The molecule has 0 spiro atoms. The first kappa shape index (κ1) is 20.1. The van der Waals surface area contributed by atoms with Gasteiger partial charge >= 0.3 is 23.9 Å². The lowest BCUT2D eigenvalue weighted by Gasteiger charge is -2.01. The number of aliphatic carboxylic acids is 4. The fraction of sp³-hybridized carbons (Fsp3) is 0.600. The molecule has 8 N–H and O–H groups in total. The van der Waals surface area contributed by atoms with E-state index < -0.39 is 36.0 Å². The van der Waals surface area contributed by atoms with Gasteiger partial charge in [-0.05, 0) is 12.8 Å². The molecule has 0 aromatic rings. The third kappa shape index (κ3) is 13.9. The molecule has 0 aromatic heterocycles. The smallest absolute Gasteiger partial charge is 0.320 e. The van der Waals surface area contributed by atoms with Gasteiger partial charge in [0, 0.05) is 12.8 Å². The molecule has 0 saturated heterocycles. The number of hydrogen-bond donors (Lipinski definition) is 6. The van der Waals surface area contributed by atoms with Crippen molar-refractivity contribution in [3.8, 4) is 0 Å². The van der Waals surface area contributed by atoms with Crippen LogP contribution < -0.4 is 11.5 Å². The molecule has 0 heterocycles. The second kappa shape index (κ2) is 10.7. The van der Waals surface area contributed by atoms with Crippen LogP contribution >= 0.6 is 0 Å². The highest BCUT2D eigenvalue weighted by atomic mass is 16.4. The number of carboxylic acids is 4. The van der Waals surface area contributed by atoms with E-state index in [0.29, 0.717) is 0 Å². The van der Waals surface area contributed by atoms with E-state index in [2.05, 4.69) is 0 Å². The topological polar surface area (TPSA) is 201 Å². The lowest BCUT2D eigenvalue weighted by atomic mass is 10.2. The summed E-state index contributed by atoms with van der Waals surface area (Å²) in [5.41, 5.74) is 10.0. The zero-order valence-corrected chi connectivity index (χ0v) is 10.6. The first-order valence-electron chi connectivity index (χ1n) is 5.48. The summed E-state index contributed by atoms with van der Waals surface area (Å²) >= 11 is 0. The van der Waals surface area contributed by atoms with Crippen LogP contribution in [0.5, 0.6) is 0 Å². The van der Waals surface area contributed by atoms with Crippen LogP contribution in [0.4, 0.5) is 0 Å². The molecule has 0 aliphatic carbocycles. The van der Waals surface area contributed by atoms with Gasteiger partial charge in [0.15, 0.2) is 0 Å².